The normalized spacial score (nSPS) is 22.3. The summed E-state index contributed by atoms with van der Waals surface area (Å²) in [6, 6.07) is -0.568. The summed E-state index contributed by atoms with van der Waals surface area (Å²) in [4.78, 5) is 42.1. The number of fused-ring (bicyclic) bond motifs is 8. The minimum atomic E-state index is -1.07. The molecule has 1 aliphatic carbocycles. The molecule has 1 N–H and O–H groups in total. The Kier molecular flexibility index (Phi) is 14.4. The van der Waals surface area contributed by atoms with E-state index in [9.17, 15) is 14.7 Å². The number of aliphatic hydroxyl groups excluding tert-OH is 1. The van der Waals surface area contributed by atoms with Crippen molar-refractivity contribution in [2.45, 2.75) is 113 Å². The van der Waals surface area contributed by atoms with Gasteiger partial charge in [0.1, 0.15) is 18.3 Å². The smallest absolute Gasteiger partial charge is 0.681 e. The van der Waals surface area contributed by atoms with Gasteiger partial charge < -0.3 is 34.8 Å². The van der Waals surface area contributed by atoms with Crippen LogP contribution in [-0.2, 0) is 25.5 Å². The summed E-state index contributed by atoms with van der Waals surface area (Å²) < 4.78 is 11.0. The van der Waals surface area contributed by atoms with Crippen molar-refractivity contribution in [2.24, 2.45) is 23.7 Å². The quantitative estimate of drug-likeness (QED) is 0.123. The molecule has 0 radical (unpaired) electrons. The molecule has 3 aliphatic rings. The Balaban J connectivity index is 0.00000620. The van der Waals surface area contributed by atoms with Gasteiger partial charge in [0.05, 0.1) is 7.11 Å². The molecule has 9 nitrogen and oxygen atoms in total. The fourth-order valence-electron chi connectivity index (χ4n) is 9.02. The molecule has 0 spiro atoms. The van der Waals surface area contributed by atoms with Crippen LogP contribution in [0.25, 0.3) is 41.0 Å². The molecule has 300 valence electrons. The van der Waals surface area contributed by atoms with Crippen molar-refractivity contribution >= 4 is 70.6 Å². The molecular weight excluding hydrogens is 725 g/mol. The van der Waals surface area contributed by atoms with Gasteiger partial charge in [0.25, 0.3) is 0 Å². The first-order valence-corrected chi connectivity index (χ1v) is 20.4. The van der Waals surface area contributed by atoms with Gasteiger partial charge in [-0.25, -0.2) is 0 Å². The molecule has 6 rings (SSSR count). The minimum Gasteiger partial charge on any atom is -0.681 e. The Morgan fingerprint density at radius 2 is 1.68 bits per heavy atom. The zero-order valence-corrected chi connectivity index (χ0v) is 36.8. The second-order valence-corrected chi connectivity index (χ2v) is 16.0. The summed E-state index contributed by atoms with van der Waals surface area (Å²) in [5.41, 5.74) is 9.70. The van der Waals surface area contributed by atoms with Crippen molar-refractivity contribution < 1.29 is 24.2 Å². The molecule has 0 amide bonds. The summed E-state index contributed by atoms with van der Waals surface area (Å²) in [5, 5.41) is 19.9. The van der Waals surface area contributed by atoms with Gasteiger partial charge in [-0.3, -0.25) is 9.59 Å². The fourth-order valence-corrected chi connectivity index (χ4v) is 9.02. The zero-order valence-electron chi connectivity index (χ0n) is 35.4. The third-order valence-corrected chi connectivity index (χ3v) is 12.4. The second-order valence-electron chi connectivity index (χ2n) is 16.0. The average molecular weight is 783 g/mol. The van der Waals surface area contributed by atoms with E-state index in [0.29, 0.717) is 28.3 Å². The van der Waals surface area contributed by atoms with E-state index in [2.05, 4.69) is 48.1 Å². The number of ether oxygens (including phenoxy) is 2. The second kappa shape index (κ2) is 18.6. The Bertz CT molecular complexity index is 2340. The van der Waals surface area contributed by atoms with Crippen molar-refractivity contribution in [1.29, 1.82) is 0 Å². The van der Waals surface area contributed by atoms with E-state index in [1.807, 2.05) is 44.2 Å². The standard InChI is InChI=1S/C47H58N4O5.Mg/c1-11-15-25(4)16-14-17-26(5)20-21-56-40(52)19-18-33-29(8)36-22-34-27(6)31(12-2)38(48-34)23-35-28(7)32(13-3)39(49-35)24-37-30(9)41-45(51-37)42(44(33)50-36)43(46(41)53)47(54)55-10;/h12,20,22-25,29,33,43-44,53H,2,11,13-19,21H2,1,3-10H3;/q-4;+2/b26-20+,35-23-,36-22-,39-24-;/t25-,29+,33+,43-,44?;/m1./s1. The van der Waals surface area contributed by atoms with E-state index in [0.717, 1.165) is 80.8 Å². The summed E-state index contributed by atoms with van der Waals surface area (Å²) in [6.07, 6.45) is 17.1. The van der Waals surface area contributed by atoms with Crippen molar-refractivity contribution in [1.82, 2.24) is 15.0 Å². The SMILES string of the molecule is C=Cc1c2[n-]c(c1C)/C=C1\[N-]C(C3=c4[n-]c(c(C)c4=C(O)[C@@H]3C(=O)OC)/C=c3\[n-]/c(c(C)c3CC)=C\2)[C@@H](CCC(=O)OC/C=C(\C)CCC[C@H](C)CCC)[C@@H]1C.[Mg+2]. The van der Waals surface area contributed by atoms with E-state index in [-0.39, 0.29) is 59.6 Å². The molecule has 5 atom stereocenters. The van der Waals surface area contributed by atoms with Gasteiger partial charge in [-0.15, -0.1) is 33.1 Å². The maximum Gasteiger partial charge on any atom is 2.00 e. The van der Waals surface area contributed by atoms with Crippen molar-refractivity contribution in [2.75, 3.05) is 13.7 Å². The van der Waals surface area contributed by atoms with E-state index in [1.54, 1.807) is 0 Å². The van der Waals surface area contributed by atoms with Gasteiger partial charge >= 0.3 is 35.0 Å². The van der Waals surface area contributed by atoms with Crippen LogP contribution in [0.1, 0.15) is 124 Å². The van der Waals surface area contributed by atoms with E-state index >= 15 is 0 Å². The van der Waals surface area contributed by atoms with Crippen LogP contribution in [0.5, 0.6) is 0 Å². The monoisotopic (exact) mass is 782 g/mol. The number of hydrogen-bond acceptors (Lipinski definition) is 5. The first-order valence-electron chi connectivity index (χ1n) is 20.4. The largest absolute Gasteiger partial charge is 2.00 e. The van der Waals surface area contributed by atoms with Crippen LogP contribution in [0, 0.1) is 44.4 Å². The van der Waals surface area contributed by atoms with Gasteiger partial charge in [0.15, 0.2) is 0 Å². The average Bonchev–Trinajstić information content (AvgIpc) is 3.91. The minimum absolute atomic E-state index is 0. The molecule has 57 heavy (non-hydrogen) atoms. The molecule has 8 bridgehead atoms. The third kappa shape index (κ3) is 8.68. The van der Waals surface area contributed by atoms with E-state index < -0.39 is 17.9 Å². The van der Waals surface area contributed by atoms with Crippen LogP contribution in [0.15, 0.2) is 23.9 Å². The predicted molar refractivity (Wildman–Crippen MR) is 229 cm³/mol. The maximum absolute atomic E-state index is 13.6. The number of aliphatic hydroxyl groups is 1. The molecule has 0 saturated carbocycles. The molecule has 1 fully saturated rings. The van der Waals surface area contributed by atoms with Gasteiger partial charge in [0.2, 0.25) is 0 Å². The number of rotatable bonds is 14. The van der Waals surface area contributed by atoms with Crippen molar-refractivity contribution in [3.8, 4) is 0 Å². The number of hydrogen-bond donors (Lipinski definition) is 1. The van der Waals surface area contributed by atoms with Crippen LogP contribution in [0.4, 0.5) is 0 Å². The molecule has 10 heteroatoms. The maximum atomic E-state index is 13.6. The molecule has 2 aliphatic heterocycles. The molecule has 0 aromatic carbocycles. The van der Waals surface area contributed by atoms with E-state index in [4.69, 9.17) is 29.7 Å². The number of esters is 2. The predicted octanol–water partition coefficient (Wildman–Crippen LogP) is 5.82. The number of carbonyl (C=O) groups excluding carboxylic acids is 2. The topological polar surface area (TPSA) is 129 Å². The van der Waals surface area contributed by atoms with Gasteiger partial charge in [0, 0.05) is 11.6 Å². The third-order valence-electron chi connectivity index (χ3n) is 12.4. The summed E-state index contributed by atoms with van der Waals surface area (Å²) in [6.45, 7) is 21.2. The number of allylic oxidation sites excluding steroid dienone is 2. The van der Waals surface area contributed by atoms with E-state index in [1.165, 1.54) is 31.9 Å². The Morgan fingerprint density at radius 1 is 0.965 bits per heavy atom. The number of carbonyl (C=O) groups is 2. The van der Waals surface area contributed by atoms with Gasteiger partial charge in [-0.05, 0) is 82.8 Å². The van der Waals surface area contributed by atoms with Gasteiger partial charge in [-0.1, -0.05) is 117 Å². The zero-order chi connectivity index (χ0) is 40.4. The van der Waals surface area contributed by atoms with Gasteiger partial charge in [-0.2, -0.15) is 5.70 Å². The molecule has 3 aromatic rings. The molecule has 1 unspecified atom stereocenters. The number of nitrogens with zero attached hydrogens (tertiary/aromatic N) is 4. The van der Waals surface area contributed by atoms with Crippen molar-refractivity contribution in [3.05, 3.63) is 95.4 Å². The first-order chi connectivity index (χ1) is 26.8. The summed E-state index contributed by atoms with van der Waals surface area (Å²) in [7, 11) is 1.33. The van der Waals surface area contributed by atoms with Crippen LogP contribution in [-0.4, -0.2) is 59.9 Å². The van der Waals surface area contributed by atoms with Crippen LogP contribution < -0.4 is 36.2 Å². The van der Waals surface area contributed by atoms with Crippen LogP contribution in [0.2, 0.25) is 0 Å². The Morgan fingerprint density at radius 3 is 2.37 bits per heavy atom. The Hall–Kier alpha value is -4.15. The molecule has 5 heterocycles. The number of methoxy groups -OCH3 is 1. The number of aromatic nitrogens is 3. The first kappa shape index (κ1) is 44.0. The molecule has 1 saturated heterocycles. The van der Waals surface area contributed by atoms with Crippen LogP contribution >= 0.6 is 0 Å². The summed E-state index contributed by atoms with van der Waals surface area (Å²) in [5.74, 6) is -1.61. The molecule has 3 aromatic heterocycles. The fraction of sp³-hybridized carbons (Fsp3) is 0.489. The van der Waals surface area contributed by atoms with Crippen molar-refractivity contribution in [3.63, 3.8) is 0 Å². The molecular formula is C47H58MgN4O5-2. The Labute approximate surface area is 353 Å². The summed E-state index contributed by atoms with van der Waals surface area (Å²) >= 11 is 0. The van der Waals surface area contributed by atoms with Crippen LogP contribution in [0.3, 0.4) is 0 Å².